The van der Waals surface area contributed by atoms with Crippen LogP contribution in [0.2, 0.25) is 0 Å². The van der Waals surface area contributed by atoms with Crippen LogP contribution in [-0.2, 0) is 13.2 Å². The third-order valence-electron chi connectivity index (χ3n) is 3.03. The van der Waals surface area contributed by atoms with Crippen LogP contribution in [-0.4, -0.2) is 14.7 Å². The number of hydrogen-bond donors (Lipinski definition) is 1. The monoisotopic (exact) mass is 243 g/mol. The van der Waals surface area contributed by atoms with Gasteiger partial charge in [0.2, 0.25) is 0 Å². The summed E-state index contributed by atoms with van der Waals surface area (Å²) in [6.07, 6.45) is 1.04. The summed E-state index contributed by atoms with van der Waals surface area (Å²) in [5.74, 6) is 1.27. The minimum Gasteiger partial charge on any atom is -0.388 e. The van der Waals surface area contributed by atoms with E-state index in [1.54, 1.807) is 12.1 Å². The van der Waals surface area contributed by atoms with Gasteiger partial charge in [0.1, 0.15) is 12.4 Å². The highest BCUT2D eigenvalue weighted by atomic mass is 16.3. The van der Waals surface area contributed by atoms with Crippen LogP contribution in [0.25, 0.3) is 11.0 Å². The second-order valence-electron chi connectivity index (χ2n) is 4.84. The van der Waals surface area contributed by atoms with Crippen molar-refractivity contribution < 1.29 is 5.11 Å². The van der Waals surface area contributed by atoms with E-state index in [2.05, 4.69) is 24.9 Å². The third kappa shape index (κ3) is 2.36. The summed E-state index contributed by atoms with van der Waals surface area (Å²) in [6, 6.07) is 7.56. The van der Waals surface area contributed by atoms with E-state index in [-0.39, 0.29) is 6.61 Å². The molecular formula is C14H17N3O. The van der Waals surface area contributed by atoms with Gasteiger partial charge >= 0.3 is 0 Å². The molecule has 0 saturated heterocycles. The smallest absolute Gasteiger partial charge is 0.135 e. The van der Waals surface area contributed by atoms with Crippen molar-refractivity contribution in [2.45, 2.75) is 33.4 Å². The molecule has 0 aliphatic heterocycles. The van der Waals surface area contributed by atoms with Crippen molar-refractivity contribution in [3.63, 3.8) is 0 Å². The highest BCUT2D eigenvalue weighted by Crippen LogP contribution is 2.19. The number of nitrogens with zero attached hydrogens (tertiary/aromatic N) is 3. The molecule has 0 atom stereocenters. The molecule has 0 fully saturated rings. The van der Waals surface area contributed by atoms with Crippen molar-refractivity contribution in [1.29, 1.82) is 5.26 Å². The van der Waals surface area contributed by atoms with Gasteiger partial charge in [-0.05, 0) is 30.5 Å². The summed E-state index contributed by atoms with van der Waals surface area (Å²) in [6.45, 7) is 5.11. The standard InChI is InChI=1S/C14H17N3O/c1-10(2)5-6-17-13-4-3-11(8-15)7-12(13)16-14(17)9-18/h3-4,7,10,18H,5-6,9H2,1-2H3. The predicted molar refractivity (Wildman–Crippen MR) is 69.8 cm³/mol. The number of benzene rings is 1. The minimum atomic E-state index is -0.0747. The summed E-state index contributed by atoms with van der Waals surface area (Å²) < 4.78 is 2.04. The van der Waals surface area contributed by atoms with Gasteiger partial charge in [-0.1, -0.05) is 13.8 Å². The number of rotatable bonds is 4. The lowest BCUT2D eigenvalue weighted by Crippen LogP contribution is -2.06. The highest BCUT2D eigenvalue weighted by Gasteiger charge is 2.10. The average Bonchev–Trinajstić information content (AvgIpc) is 2.72. The Morgan fingerprint density at radius 2 is 2.22 bits per heavy atom. The molecule has 94 valence electrons. The van der Waals surface area contributed by atoms with Gasteiger partial charge in [0, 0.05) is 6.54 Å². The fourth-order valence-electron chi connectivity index (χ4n) is 2.01. The van der Waals surface area contributed by atoms with Crippen LogP contribution in [0.3, 0.4) is 0 Å². The lowest BCUT2D eigenvalue weighted by Gasteiger charge is -2.09. The molecule has 1 aromatic heterocycles. The summed E-state index contributed by atoms with van der Waals surface area (Å²) in [5.41, 5.74) is 2.36. The van der Waals surface area contributed by atoms with Crippen molar-refractivity contribution >= 4 is 11.0 Å². The van der Waals surface area contributed by atoms with Crippen molar-refractivity contribution in [2.75, 3.05) is 0 Å². The van der Waals surface area contributed by atoms with Crippen LogP contribution < -0.4 is 0 Å². The molecule has 0 unspecified atom stereocenters. The Labute approximate surface area is 106 Å². The van der Waals surface area contributed by atoms with Crippen LogP contribution in [0, 0.1) is 17.2 Å². The maximum absolute atomic E-state index is 9.36. The molecule has 18 heavy (non-hydrogen) atoms. The van der Waals surface area contributed by atoms with Gasteiger partial charge in [-0.2, -0.15) is 5.26 Å². The Hall–Kier alpha value is -1.86. The van der Waals surface area contributed by atoms with E-state index in [0.29, 0.717) is 17.3 Å². The molecule has 1 aromatic carbocycles. The number of aromatic nitrogens is 2. The fraction of sp³-hybridized carbons (Fsp3) is 0.429. The number of hydrogen-bond acceptors (Lipinski definition) is 3. The maximum atomic E-state index is 9.36. The molecule has 0 saturated carbocycles. The van der Waals surface area contributed by atoms with Gasteiger partial charge in [0.25, 0.3) is 0 Å². The number of fused-ring (bicyclic) bond motifs is 1. The lowest BCUT2D eigenvalue weighted by molar-refractivity contribution is 0.264. The van der Waals surface area contributed by atoms with Crippen molar-refractivity contribution in [3.8, 4) is 6.07 Å². The second-order valence-corrected chi connectivity index (χ2v) is 4.84. The molecule has 0 bridgehead atoms. The molecule has 2 aromatic rings. The molecule has 0 aliphatic carbocycles. The maximum Gasteiger partial charge on any atom is 0.135 e. The number of aliphatic hydroxyl groups is 1. The summed E-state index contributed by atoms with van der Waals surface area (Å²) in [4.78, 5) is 4.38. The Bertz CT molecular complexity index is 593. The second kappa shape index (κ2) is 5.19. The average molecular weight is 243 g/mol. The van der Waals surface area contributed by atoms with E-state index in [9.17, 15) is 5.11 Å². The van der Waals surface area contributed by atoms with E-state index in [1.165, 1.54) is 0 Å². The largest absolute Gasteiger partial charge is 0.388 e. The third-order valence-corrected chi connectivity index (χ3v) is 3.03. The first-order valence-electron chi connectivity index (χ1n) is 6.16. The lowest BCUT2D eigenvalue weighted by atomic mass is 10.1. The number of nitriles is 1. The van der Waals surface area contributed by atoms with Crippen LogP contribution in [0.4, 0.5) is 0 Å². The van der Waals surface area contributed by atoms with Crippen LogP contribution in [0.15, 0.2) is 18.2 Å². The van der Waals surface area contributed by atoms with E-state index >= 15 is 0 Å². The summed E-state index contributed by atoms with van der Waals surface area (Å²) in [5, 5.41) is 18.2. The first-order valence-corrected chi connectivity index (χ1v) is 6.16. The van der Waals surface area contributed by atoms with E-state index < -0.39 is 0 Å². The summed E-state index contributed by atoms with van der Waals surface area (Å²) >= 11 is 0. The highest BCUT2D eigenvalue weighted by molar-refractivity contribution is 5.77. The van der Waals surface area contributed by atoms with E-state index in [4.69, 9.17) is 5.26 Å². The number of imidazole rings is 1. The van der Waals surface area contributed by atoms with Gasteiger partial charge < -0.3 is 9.67 Å². The molecule has 0 aliphatic rings. The molecule has 0 radical (unpaired) electrons. The number of aliphatic hydroxyl groups excluding tert-OH is 1. The molecule has 4 heteroatoms. The number of aryl methyl sites for hydroxylation is 1. The van der Waals surface area contributed by atoms with Gasteiger partial charge in [0.15, 0.2) is 0 Å². The van der Waals surface area contributed by atoms with Crippen molar-refractivity contribution in [3.05, 3.63) is 29.6 Å². The van der Waals surface area contributed by atoms with Crippen LogP contribution in [0.5, 0.6) is 0 Å². The topological polar surface area (TPSA) is 61.8 Å². The first kappa shape index (κ1) is 12.6. The van der Waals surface area contributed by atoms with E-state index in [1.807, 2.05) is 10.6 Å². The Morgan fingerprint density at radius 3 is 2.83 bits per heavy atom. The Morgan fingerprint density at radius 1 is 1.44 bits per heavy atom. The molecule has 1 N–H and O–H groups in total. The molecule has 0 amide bonds. The van der Waals surface area contributed by atoms with Crippen LogP contribution in [0.1, 0.15) is 31.7 Å². The van der Waals surface area contributed by atoms with Crippen molar-refractivity contribution in [2.24, 2.45) is 5.92 Å². The zero-order chi connectivity index (χ0) is 13.1. The molecule has 4 nitrogen and oxygen atoms in total. The van der Waals surface area contributed by atoms with E-state index in [0.717, 1.165) is 24.0 Å². The van der Waals surface area contributed by atoms with Crippen LogP contribution >= 0.6 is 0 Å². The van der Waals surface area contributed by atoms with Gasteiger partial charge in [-0.15, -0.1) is 0 Å². The fourth-order valence-corrected chi connectivity index (χ4v) is 2.01. The molecule has 2 rings (SSSR count). The zero-order valence-electron chi connectivity index (χ0n) is 10.7. The first-order chi connectivity index (χ1) is 8.65. The van der Waals surface area contributed by atoms with Crippen molar-refractivity contribution in [1.82, 2.24) is 9.55 Å². The Balaban J connectivity index is 2.46. The quantitative estimate of drug-likeness (QED) is 0.897. The molecular weight excluding hydrogens is 226 g/mol. The normalized spacial score (nSPS) is 11.1. The molecule has 1 heterocycles. The molecule has 0 spiro atoms. The predicted octanol–water partition coefficient (Wildman–Crippen LogP) is 2.45. The van der Waals surface area contributed by atoms with Gasteiger partial charge in [-0.3, -0.25) is 0 Å². The Kier molecular flexibility index (Phi) is 3.63. The minimum absolute atomic E-state index is 0.0747. The van der Waals surface area contributed by atoms with Gasteiger partial charge in [0.05, 0.1) is 22.7 Å². The van der Waals surface area contributed by atoms with Gasteiger partial charge in [-0.25, -0.2) is 4.98 Å². The summed E-state index contributed by atoms with van der Waals surface area (Å²) in [7, 11) is 0. The zero-order valence-corrected chi connectivity index (χ0v) is 10.7. The SMILES string of the molecule is CC(C)CCn1c(CO)nc2cc(C#N)ccc21.